The summed E-state index contributed by atoms with van der Waals surface area (Å²) in [6, 6.07) is 0. The first-order chi connectivity index (χ1) is 0. The van der Waals surface area contributed by atoms with Gasteiger partial charge in [0.25, 0.3) is 0 Å². The van der Waals surface area contributed by atoms with E-state index < -0.39 is 0 Å². The van der Waals surface area contributed by atoms with Crippen LogP contribution in [-0.4, -0.2) is 0 Å². The molecule has 0 aliphatic rings. The molecule has 0 fully saturated rings. The second-order valence-corrected chi connectivity index (χ2v) is 0. The van der Waals surface area contributed by atoms with E-state index in [4.69, 9.17) is 0 Å². The van der Waals surface area contributed by atoms with Gasteiger partial charge in [0.2, 0.25) is 0 Å². The van der Waals surface area contributed by atoms with Gasteiger partial charge in [0.1, 0.15) is 0 Å². The van der Waals surface area contributed by atoms with Crippen LogP contribution in [0, 0.1) is 0 Å². The zero-order valence-electron chi connectivity index (χ0n) is 2.87. The molecular weight excluding hydrogens is 186 g/mol. The molecule has 0 aromatic rings. The van der Waals surface area contributed by atoms with Crippen LogP contribution in [0.3, 0.4) is 0 Å². The smallest absolute Gasteiger partial charge is 0 e. The fraction of sp³-hybridized carbons (Fsp3) is 0. The Hall–Kier alpha value is 1.45. The van der Waals surface area contributed by atoms with Crippen molar-refractivity contribution in [3.8, 4) is 0 Å². The van der Waals surface area contributed by atoms with Crippen molar-refractivity contribution in [2.24, 2.45) is 0 Å². The van der Waals surface area contributed by atoms with Crippen LogP contribution in [0.4, 0.5) is 0 Å². The predicted molar refractivity (Wildman–Crippen MR) is 13.2 cm³/mol. The van der Waals surface area contributed by atoms with Crippen molar-refractivity contribution in [1.29, 1.82) is 0 Å². The van der Waals surface area contributed by atoms with E-state index in [0.29, 0.717) is 0 Å². The predicted octanol–water partition coefficient (Wildman–Crippen LogP) is -5.20. The Labute approximate surface area is 62.8 Å². The Morgan fingerprint density at radius 3 is 0.800 bits per heavy atom. The third-order valence-electron chi connectivity index (χ3n) is 0. The maximum Gasteiger partial charge on any atom is 0 e. The minimum absolute atomic E-state index is 0. The number of rotatable bonds is 0. The van der Waals surface area contributed by atoms with Crippen molar-refractivity contribution in [2.45, 2.75) is 0 Å². The first-order valence-corrected chi connectivity index (χ1v) is 0. The number of hydrogen-bond donors (Lipinski definition) is 1. The molecule has 5 heavy (non-hydrogen) atoms. The van der Waals surface area contributed by atoms with E-state index >= 15 is 0 Å². The number of quaternary nitrogens is 1. The largest absolute Gasteiger partial charge is 1.00 e. The van der Waals surface area contributed by atoms with E-state index in [2.05, 4.69) is 0 Å². The molecule has 0 unspecified atom stereocenters. The van der Waals surface area contributed by atoms with Gasteiger partial charge in [-0.25, -0.2) is 0 Å². The van der Waals surface area contributed by atoms with Crippen LogP contribution in [0.1, 0.15) is 0 Å². The van der Waals surface area contributed by atoms with Crippen molar-refractivity contribution in [1.82, 2.24) is 6.15 Å². The van der Waals surface area contributed by atoms with Crippen LogP contribution in [0.5, 0.6) is 0 Å². The van der Waals surface area contributed by atoms with Gasteiger partial charge in [-0.2, -0.15) is 0 Å². The molecule has 0 aromatic carbocycles. The molecule has 1 nitrogen and oxygen atoms in total. The molecule has 4 N–H and O–H groups in total. The van der Waals surface area contributed by atoms with Gasteiger partial charge in [-0.1, -0.05) is 0 Å². The van der Waals surface area contributed by atoms with Crippen molar-refractivity contribution in [3.63, 3.8) is 0 Å². The summed E-state index contributed by atoms with van der Waals surface area (Å²) in [6.07, 6.45) is 0. The minimum Gasteiger partial charge on any atom is -1.00 e. The summed E-state index contributed by atoms with van der Waals surface area (Å²) in [6.45, 7) is 0. The molecule has 0 rings (SSSR count). The van der Waals surface area contributed by atoms with Gasteiger partial charge in [0, 0.05) is 19.5 Å². The molecule has 0 aromatic heterocycles. The standard InChI is InChI=1S/3ClH.H3N.Zn/h3*1H;1H3;/p-1. The first kappa shape index (κ1) is 90.9. The average molecular weight is 191 g/mol. The van der Waals surface area contributed by atoms with Crippen molar-refractivity contribution >= 4 is 12.4 Å². The topological polar surface area (TPSA) is 36.5 Å². The summed E-state index contributed by atoms with van der Waals surface area (Å²) in [5.74, 6) is 0. The van der Waals surface area contributed by atoms with Gasteiger partial charge in [0.15, 0.2) is 0 Å². The van der Waals surface area contributed by atoms with Crippen LogP contribution in [0.2, 0.25) is 0 Å². The fourth-order valence-electron chi connectivity index (χ4n) is 0. The molecule has 0 atom stereocenters. The van der Waals surface area contributed by atoms with E-state index in [1.54, 1.807) is 0 Å². The Balaban J connectivity index is 0. The van der Waals surface area contributed by atoms with Gasteiger partial charge >= 0.3 is 0 Å². The minimum atomic E-state index is 0. The molecule has 34 valence electrons. The van der Waals surface area contributed by atoms with E-state index in [9.17, 15) is 0 Å². The van der Waals surface area contributed by atoms with Gasteiger partial charge in [0.05, 0.1) is 0 Å². The van der Waals surface area contributed by atoms with E-state index in [1.807, 2.05) is 0 Å². The van der Waals surface area contributed by atoms with Gasteiger partial charge in [-0.15, -0.1) is 12.4 Å². The summed E-state index contributed by atoms with van der Waals surface area (Å²) < 4.78 is 0. The molecule has 0 saturated heterocycles. The molecule has 5 heteroatoms. The number of hydrogen-bond acceptors (Lipinski definition) is 0. The fourth-order valence-corrected chi connectivity index (χ4v) is 0. The Morgan fingerprint density at radius 1 is 0.800 bits per heavy atom. The van der Waals surface area contributed by atoms with Gasteiger partial charge in [-0.05, 0) is 0 Å². The molecule has 0 heterocycles. The number of halogens is 3. The van der Waals surface area contributed by atoms with Crippen LogP contribution in [0.15, 0.2) is 0 Å². The van der Waals surface area contributed by atoms with Gasteiger partial charge < -0.3 is 31.0 Å². The normalized spacial score (nSPS) is 0. The second kappa shape index (κ2) is 51.2. The molecule has 0 spiro atoms. The molecule has 0 amide bonds. The molecule has 0 aliphatic carbocycles. The summed E-state index contributed by atoms with van der Waals surface area (Å²) in [5, 5.41) is 0. The van der Waals surface area contributed by atoms with E-state index in [0.717, 1.165) is 0 Å². The van der Waals surface area contributed by atoms with Gasteiger partial charge in [-0.3, -0.25) is 0 Å². The average Bonchev–Trinajstić information content (AvgIpc) is 0. The first-order valence-electron chi connectivity index (χ1n) is 0. The zero-order chi connectivity index (χ0) is 0. The zero-order valence-corrected chi connectivity index (χ0v) is 8.17. The van der Waals surface area contributed by atoms with Crippen LogP contribution in [-0.2, 0) is 19.5 Å². The van der Waals surface area contributed by atoms with Crippen LogP contribution >= 0.6 is 12.4 Å². The van der Waals surface area contributed by atoms with Crippen LogP contribution in [0.25, 0.3) is 0 Å². The Kier molecular flexibility index (Phi) is 930. The Bertz CT molecular complexity index is 6.85. The van der Waals surface area contributed by atoms with Crippen molar-refractivity contribution in [3.05, 3.63) is 0 Å². The molecule has 0 aliphatic heterocycles. The summed E-state index contributed by atoms with van der Waals surface area (Å²) >= 11 is 0. The Morgan fingerprint density at radius 2 is 0.800 bits per heavy atom. The maximum absolute atomic E-state index is 0. The maximum atomic E-state index is 0. The molecule has 0 radical (unpaired) electrons. The van der Waals surface area contributed by atoms with E-state index in [-0.39, 0.29) is 62.8 Å². The van der Waals surface area contributed by atoms with Crippen molar-refractivity contribution < 1.29 is 44.3 Å². The summed E-state index contributed by atoms with van der Waals surface area (Å²) in [5.41, 5.74) is 0. The molecule has 0 saturated carbocycles. The quantitative estimate of drug-likeness (QED) is 0.371. The van der Waals surface area contributed by atoms with Crippen LogP contribution < -0.4 is 31.0 Å². The van der Waals surface area contributed by atoms with E-state index in [1.165, 1.54) is 0 Å². The summed E-state index contributed by atoms with van der Waals surface area (Å²) in [7, 11) is 0. The SMILES string of the molecule is Cl.[Cl-].[Cl-].[NH4+].[Zn]. The second-order valence-electron chi connectivity index (χ2n) is 0. The van der Waals surface area contributed by atoms with Crippen molar-refractivity contribution in [2.75, 3.05) is 0 Å². The third kappa shape index (κ3) is 30.8. The summed E-state index contributed by atoms with van der Waals surface area (Å²) in [4.78, 5) is 0. The third-order valence-corrected chi connectivity index (χ3v) is 0. The molecular formula is H5Cl3NZn-. The molecule has 0 bridgehead atoms. The monoisotopic (exact) mass is 188 g/mol.